The van der Waals surface area contributed by atoms with E-state index in [0.29, 0.717) is 16.5 Å². The summed E-state index contributed by atoms with van der Waals surface area (Å²) in [4.78, 5) is 4.12. The highest BCUT2D eigenvalue weighted by molar-refractivity contribution is 6.30. The number of nitrogens with zero attached hydrogens (tertiary/aromatic N) is 2. The molecule has 0 saturated heterocycles. The number of nitrogens with one attached hydrogen (secondary N) is 1. The average molecular weight is 259 g/mol. The summed E-state index contributed by atoms with van der Waals surface area (Å²) in [5.74, 6) is 0.575. The van der Waals surface area contributed by atoms with Crippen LogP contribution in [-0.2, 0) is 0 Å². The largest absolute Gasteiger partial charge is 0.396 e. The lowest BCUT2D eigenvalue weighted by Gasteiger charge is -2.09. The van der Waals surface area contributed by atoms with Crippen molar-refractivity contribution in [3.63, 3.8) is 0 Å². The summed E-state index contributed by atoms with van der Waals surface area (Å²) in [7, 11) is 0. The number of benzene rings is 1. The number of nitrogen functional groups attached to an aromatic ring is 1. The summed E-state index contributed by atoms with van der Waals surface area (Å²) >= 11 is 5.89. The van der Waals surface area contributed by atoms with Crippen LogP contribution in [0, 0.1) is 18.3 Å². The molecule has 4 nitrogen and oxygen atoms in total. The Morgan fingerprint density at radius 3 is 2.78 bits per heavy atom. The Hall–Kier alpha value is -2.25. The van der Waals surface area contributed by atoms with Gasteiger partial charge in [0.25, 0.3) is 0 Å². The highest BCUT2D eigenvalue weighted by atomic mass is 35.5. The zero-order valence-electron chi connectivity index (χ0n) is 9.74. The predicted molar refractivity (Wildman–Crippen MR) is 72.8 cm³/mol. The minimum atomic E-state index is 0.214. The fourth-order valence-corrected chi connectivity index (χ4v) is 1.76. The maximum Gasteiger partial charge on any atom is 0.165 e. The van der Waals surface area contributed by atoms with Gasteiger partial charge in [-0.15, -0.1) is 0 Å². The van der Waals surface area contributed by atoms with Gasteiger partial charge in [0.05, 0.1) is 5.69 Å². The third-order valence-electron chi connectivity index (χ3n) is 2.48. The molecule has 0 atom stereocenters. The van der Waals surface area contributed by atoms with Crippen molar-refractivity contribution in [3.05, 3.63) is 46.6 Å². The molecule has 1 aromatic carbocycles. The highest BCUT2D eigenvalue weighted by Crippen LogP contribution is 2.23. The minimum Gasteiger partial charge on any atom is -0.396 e. The number of halogens is 1. The second-order valence-corrected chi connectivity index (χ2v) is 4.27. The molecular formula is C13H11ClN4. The number of pyridine rings is 1. The molecule has 18 heavy (non-hydrogen) atoms. The molecule has 3 N–H and O–H groups in total. The van der Waals surface area contributed by atoms with E-state index in [0.717, 1.165) is 11.3 Å². The molecule has 0 bridgehead atoms. The molecule has 0 spiro atoms. The van der Waals surface area contributed by atoms with Gasteiger partial charge in [0.2, 0.25) is 0 Å². The van der Waals surface area contributed by atoms with Crippen LogP contribution in [0.4, 0.5) is 17.2 Å². The molecule has 0 fully saturated rings. The lowest BCUT2D eigenvalue weighted by atomic mass is 10.2. The van der Waals surface area contributed by atoms with Crippen molar-refractivity contribution in [3.8, 4) is 6.07 Å². The number of nitrogens with two attached hydrogens (primary N) is 1. The average Bonchev–Trinajstić information content (AvgIpc) is 2.35. The molecule has 2 aromatic rings. The molecule has 5 heteroatoms. The summed E-state index contributed by atoms with van der Waals surface area (Å²) in [6, 6.07) is 10.8. The van der Waals surface area contributed by atoms with Crippen molar-refractivity contribution in [2.45, 2.75) is 6.92 Å². The smallest absolute Gasteiger partial charge is 0.165 e. The number of nitriles is 1. The SMILES string of the molecule is Cc1cc(Cl)ccc1Nc1ccc(N)c(C#N)n1. The molecule has 0 radical (unpaired) electrons. The molecule has 0 amide bonds. The number of hydrogen-bond acceptors (Lipinski definition) is 4. The van der Waals surface area contributed by atoms with Gasteiger partial charge < -0.3 is 11.1 Å². The number of hydrogen-bond donors (Lipinski definition) is 2. The van der Waals surface area contributed by atoms with E-state index in [2.05, 4.69) is 10.3 Å². The first-order valence-corrected chi connectivity index (χ1v) is 5.68. The number of rotatable bonds is 2. The molecule has 0 aliphatic rings. The van der Waals surface area contributed by atoms with Crippen LogP contribution in [0.25, 0.3) is 0 Å². The topological polar surface area (TPSA) is 74.7 Å². The monoisotopic (exact) mass is 258 g/mol. The zero-order valence-corrected chi connectivity index (χ0v) is 10.5. The first kappa shape index (κ1) is 12.2. The summed E-state index contributed by atoms with van der Waals surface area (Å²) in [5.41, 5.74) is 8.09. The van der Waals surface area contributed by atoms with Crippen molar-refractivity contribution >= 4 is 28.8 Å². The first-order valence-electron chi connectivity index (χ1n) is 5.30. The Morgan fingerprint density at radius 2 is 2.11 bits per heavy atom. The minimum absolute atomic E-state index is 0.214. The number of anilines is 3. The van der Waals surface area contributed by atoms with Crippen molar-refractivity contribution in [1.29, 1.82) is 5.26 Å². The van der Waals surface area contributed by atoms with Crippen molar-refractivity contribution < 1.29 is 0 Å². The van der Waals surface area contributed by atoms with Crippen LogP contribution in [0.2, 0.25) is 5.02 Å². The van der Waals surface area contributed by atoms with E-state index in [1.165, 1.54) is 0 Å². The molecule has 0 saturated carbocycles. The van der Waals surface area contributed by atoms with E-state index in [9.17, 15) is 0 Å². The third-order valence-corrected chi connectivity index (χ3v) is 2.72. The Kier molecular flexibility index (Phi) is 3.35. The molecule has 1 aromatic heterocycles. The summed E-state index contributed by atoms with van der Waals surface area (Å²) in [5, 5.41) is 12.7. The van der Waals surface area contributed by atoms with Gasteiger partial charge in [-0.05, 0) is 42.8 Å². The Labute approximate surface area is 110 Å². The second-order valence-electron chi connectivity index (χ2n) is 3.83. The van der Waals surface area contributed by atoms with Crippen LogP contribution in [0.3, 0.4) is 0 Å². The summed E-state index contributed by atoms with van der Waals surface area (Å²) in [6.45, 7) is 1.94. The van der Waals surface area contributed by atoms with Crippen LogP contribution in [0.15, 0.2) is 30.3 Å². The molecule has 0 aliphatic carbocycles. The van der Waals surface area contributed by atoms with Gasteiger partial charge in [0.1, 0.15) is 11.9 Å². The number of aromatic nitrogens is 1. The van der Waals surface area contributed by atoms with Crippen LogP contribution < -0.4 is 11.1 Å². The number of aryl methyl sites for hydroxylation is 1. The van der Waals surface area contributed by atoms with Gasteiger partial charge in [0, 0.05) is 10.7 Å². The van der Waals surface area contributed by atoms with Crippen molar-refractivity contribution in [1.82, 2.24) is 4.98 Å². The van der Waals surface area contributed by atoms with Crippen LogP contribution in [0.1, 0.15) is 11.3 Å². The molecule has 2 rings (SSSR count). The quantitative estimate of drug-likeness (QED) is 0.867. The fraction of sp³-hybridized carbons (Fsp3) is 0.0769. The van der Waals surface area contributed by atoms with Crippen molar-refractivity contribution in [2.24, 2.45) is 0 Å². The van der Waals surface area contributed by atoms with Crippen molar-refractivity contribution in [2.75, 3.05) is 11.1 Å². The lowest BCUT2D eigenvalue weighted by Crippen LogP contribution is -2.00. The Bertz CT molecular complexity index is 631. The molecule has 0 unspecified atom stereocenters. The maximum absolute atomic E-state index is 8.86. The van der Waals surface area contributed by atoms with Gasteiger partial charge in [-0.3, -0.25) is 0 Å². The van der Waals surface area contributed by atoms with Gasteiger partial charge in [-0.1, -0.05) is 11.6 Å². The summed E-state index contributed by atoms with van der Waals surface area (Å²) < 4.78 is 0. The normalized spacial score (nSPS) is 9.83. The van der Waals surface area contributed by atoms with Crippen LogP contribution >= 0.6 is 11.6 Å². The van der Waals surface area contributed by atoms with E-state index >= 15 is 0 Å². The second kappa shape index (κ2) is 4.94. The van der Waals surface area contributed by atoms with Gasteiger partial charge in [-0.25, -0.2) is 4.98 Å². The molecule has 0 aliphatic heterocycles. The summed E-state index contributed by atoms with van der Waals surface area (Å²) in [6.07, 6.45) is 0. The third kappa shape index (κ3) is 2.53. The van der Waals surface area contributed by atoms with Gasteiger partial charge >= 0.3 is 0 Å². The van der Waals surface area contributed by atoms with Crippen LogP contribution in [0.5, 0.6) is 0 Å². The Balaban J connectivity index is 2.32. The molecule has 90 valence electrons. The predicted octanol–water partition coefficient (Wildman–Crippen LogP) is 3.24. The van der Waals surface area contributed by atoms with E-state index < -0.39 is 0 Å². The van der Waals surface area contributed by atoms with Gasteiger partial charge in [0.15, 0.2) is 5.69 Å². The Morgan fingerprint density at radius 1 is 1.33 bits per heavy atom. The fourth-order valence-electron chi connectivity index (χ4n) is 1.53. The van der Waals surface area contributed by atoms with Gasteiger partial charge in [-0.2, -0.15) is 5.26 Å². The maximum atomic E-state index is 8.86. The van der Waals surface area contributed by atoms with E-state index in [1.54, 1.807) is 18.2 Å². The van der Waals surface area contributed by atoms with E-state index in [1.807, 2.05) is 25.1 Å². The lowest BCUT2D eigenvalue weighted by molar-refractivity contribution is 1.25. The van der Waals surface area contributed by atoms with E-state index in [4.69, 9.17) is 22.6 Å². The van der Waals surface area contributed by atoms with Crippen LogP contribution in [-0.4, -0.2) is 4.98 Å². The highest BCUT2D eigenvalue weighted by Gasteiger charge is 2.04. The molecular weight excluding hydrogens is 248 g/mol. The standard InChI is InChI=1S/C13H11ClN4/c1-8-6-9(14)2-4-11(8)17-13-5-3-10(16)12(7-15)18-13/h2-6H,16H2,1H3,(H,17,18). The zero-order chi connectivity index (χ0) is 13.1. The molecule has 1 heterocycles. The van der Waals surface area contributed by atoms with E-state index in [-0.39, 0.29) is 5.69 Å². The first-order chi connectivity index (χ1) is 8.60.